The monoisotopic (exact) mass is 340 g/mol. The van der Waals surface area contributed by atoms with E-state index in [0.717, 1.165) is 0 Å². The molecular weight excluding hydrogens is 323 g/mol. The Morgan fingerprint density at radius 2 is 1.88 bits per heavy atom. The fraction of sp³-hybridized carbons (Fsp3) is 0.211. The maximum absolute atomic E-state index is 13.2. The summed E-state index contributed by atoms with van der Waals surface area (Å²) in [5.74, 6) is -2.46. The minimum absolute atomic E-state index is 0.0167. The van der Waals surface area contributed by atoms with Crippen molar-refractivity contribution in [2.24, 2.45) is 5.92 Å². The Bertz CT molecular complexity index is 845. The third-order valence-electron chi connectivity index (χ3n) is 4.07. The lowest BCUT2D eigenvalue weighted by molar-refractivity contribution is -0.119. The first-order valence-corrected chi connectivity index (χ1v) is 7.89. The van der Waals surface area contributed by atoms with Gasteiger partial charge in [-0.1, -0.05) is 19.9 Å². The van der Waals surface area contributed by atoms with Crippen LogP contribution in [0.5, 0.6) is 0 Å². The molecule has 5 nitrogen and oxygen atoms in total. The first-order valence-electron chi connectivity index (χ1n) is 7.89. The van der Waals surface area contributed by atoms with E-state index in [2.05, 4.69) is 4.98 Å². The summed E-state index contributed by atoms with van der Waals surface area (Å²) in [4.78, 5) is 30.8. The summed E-state index contributed by atoms with van der Waals surface area (Å²) >= 11 is 0. The van der Waals surface area contributed by atoms with Crippen molar-refractivity contribution in [3.05, 3.63) is 71.5 Å². The van der Waals surface area contributed by atoms with Crippen LogP contribution in [0.15, 0.2) is 60.0 Å². The average Bonchev–Trinajstić information content (AvgIpc) is 2.87. The van der Waals surface area contributed by atoms with E-state index in [1.165, 1.54) is 29.2 Å². The molecule has 3 rings (SSSR count). The second-order valence-corrected chi connectivity index (χ2v) is 6.09. The predicted molar refractivity (Wildman–Crippen MR) is 90.4 cm³/mol. The molecule has 1 unspecified atom stereocenters. The number of nitrogens with zero attached hydrogens (tertiary/aromatic N) is 2. The van der Waals surface area contributed by atoms with Crippen LogP contribution in [0.1, 0.15) is 25.6 Å². The molecule has 1 atom stereocenters. The van der Waals surface area contributed by atoms with E-state index in [9.17, 15) is 19.1 Å². The van der Waals surface area contributed by atoms with Gasteiger partial charge in [-0.15, -0.1) is 0 Å². The maximum Gasteiger partial charge on any atom is 0.294 e. The number of aromatic nitrogens is 1. The number of aliphatic hydroxyl groups excluding tert-OH is 1. The smallest absolute Gasteiger partial charge is 0.294 e. The number of anilines is 1. The van der Waals surface area contributed by atoms with Crippen molar-refractivity contribution in [2.45, 2.75) is 19.9 Å². The number of rotatable bonds is 4. The standard InChI is InChI=1S/C19H17FN2O3/c1-11(2)17(23)15-16(14-5-3-4-10-21-14)22(19(25)18(15)24)13-8-6-12(20)7-9-13/h3-11,16,24H,1-2H3. The highest BCUT2D eigenvalue weighted by atomic mass is 19.1. The number of halogens is 1. The SMILES string of the molecule is CC(C)C(=O)C1=C(O)C(=O)N(c2ccc(F)cc2)C1c1ccccn1. The number of pyridine rings is 1. The third-order valence-corrected chi connectivity index (χ3v) is 4.07. The summed E-state index contributed by atoms with van der Waals surface area (Å²) in [6.45, 7) is 3.40. The molecule has 128 valence electrons. The highest BCUT2D eigenvalue weighted by molar-refractivity contribution is 6.16. The zero-order valence-corrected chi connectivity index (χ0v) is 13.8. The Hall–Kier alpha value is -3.02. The summed E-state index contributed by atoms with van der Waals surface area (Å²) in [5, 5.41) is 10.4. The molecule has 0 fully saturated rings. The molecular formula is C19H17FN2O3. The molecule has 0 aliphatic carbocycles. The van der Waals surface area contributed by atoms with Gasteiger partial charge in [0, 0.05) is 17.8 Å². The summed E-state index contributed by atoms with van der Waals surface area (Å²) in [6, 6.07) is 9.58. The van der Waals surface area contributed by atoms with Gasteiger partial charge in [0.25, 0.3) is 5.91 Å². The molecule has 0 saturated heterocycles. The molecule has 0 spiro atoms. The lowest BCUT2D eigenvalue weighted by atomic mass is 9.93. The van der Waals surface area contributed by atoms with Crippen molar-refractivity contribution in [1.82, 2.24) is 4.98 Å². The Morgan fingerprint density at radius 3 is 2.44 bits per heavy atom. The van der Waals surface area contributed by atoms with E-state index in [1.54, 1.807) is 38.2 Å². The molecule has 25 heavy (non-hydrogen) atoms. The molecule has 6 heteroatoms. The molecule has 1 N–H and O–H groups in total. The number of carbonyl (C=O) groups excluding carboxylic acids is 2. The van der Waals surface area contributed by atoms with E-state index in [0.29, 0.717) is 11.4 Å². The van der Waals surface area contributed by atoms with Gasteiger partial charge in [0.05, 0.1) is 11.3 Å². The quantitative estimate of drug-likeness (QED) is 0.927. The first kappa shape index (κ1) is 16.8. The van der Waals surface area contributed by atoms with Crippen LogP contribution in [0.2, 0.25) is 0 Å². The van der Waals surface area contributed by atoms with Crippen molar-refractivity contribution in [3.8, 4) is 0 Å². The lowest BCUT2D eigenvalue weighted by Gasteiger charge is -2.26. The predicted octanol–water partition coefficient (Wildman–Crippen LogP) is 3.35. The van der Waals surface area contributed by atoms with Gasteiger partial charge in [-0.2, -0.15) is 0 Å². The minimum atomic E-state index is -0.853. The number of aliphatic hydroxyl groups is 1. The van der Waals surface area contributed by atoms with E-state index in [4.69, 9.17) is 0 Å². The summed E-state index contributed by atoms with van der Waals surface area (Å²) < 4.78 is 13.2. The molecule has 0 saturated carbocycles. The van der Waals surface area contributed by atoms with Crippen LogP contribution in [-0.2, 0) is 9.59 Å². The highest BCUT2D eigenvalue weighted by Crippen LogP contribution is 2.40. The maximum atomic E-state index is 13.2. The largest absolute Gasteiger partial charge is 0.503 e. The molecule has 1 aromatic carbocycles. The molecule has 1 aliphatic heterocycles. The van der Waals surface area contributed by atoms with Gasteiger partial charge >= 0.3 is 0 Å². The zero-order valence-electron chi connectivity index (χ0n) is 13.8. The van der Waals surface area contributed by atoms with Crippen molar-refractivity contribution in [1.29, 1.82) is 0 Å². The Morgan fingerprint density at radius 1 is 1.20 bits per heavy atom. The van der Waals surface area contributed by atoms with Crippen LogP contribution in [0, 0.1) is 11.7 Å². The van der Waals surface area contributed by atoms with Crippen molar-refractivity contribution in [3.63, 3.8) is 0 Å². The number of benzene rings is 1. The van der Waals surface area contributed by atoms with Crippen molar-refractivity contribution in [2.75, 3.05) is 4.90 Å². The normalized spacial score (nSPS) is 17.5. The van der Waals surface area contributed by atoms with E-state index in [1.807, 2.05) is 0 Å². The van der Waals surface area contributed by atoms with Gasteiger partial charge in [0.2, 0.25) is 0 Å². The number of carbonyl (C=O) groups is 2. The van der Waals surface area contributed by atoms with Gasteiger partial charge < -0.3 is 5.11 Å². The van der Waals surface area contributed by atoms with Gasteiger partial charge in [-0.3, -0.25) is 19.5 Å². The topological polar surface area (TPSA) is 70.5 Å². The molecule has 0 bridgehead atoms. The summed E-state index contributed by atoms with van der Waals surface area (Å²) in [5.41, 5.74) is 0.844. The van der Waals surface area contributed by atoms with Gasteiger partial charge in [-0.25, -0.2) is 4.39 Å². The van der Waals surface area contributed by atoms with Crippen LogP contribution < -0.4 is 4.90 Å². The number of amides is 1. The number of hydrogen-bond donors (Lipinski definition) is 1. The molecule has 0 radical (unpaired) electrons. The molecule has 2 heterocycles. The molecule has 1 amide bonds. The van der Waals surface area contributed by atoms with Crippen LogP contribution >= 0.6 is 0 Å². The number of hydrogen-bond acceptors (Lipinski definition) is 4. The number of ketones is 1. The fourth-order valence-corrected chi connectivity index (χ4v) is 2.85. The van der Waals surface area contributed by atoms with Crippen LogP contribution in [0.25, 0.3) is 0 Å². The van der Waals surface area contributed by atoms with Crippen LogP contribution in [-0.4, -0.2) is 21.8 Å². The second kappa shape index (κ2) is 6.47. The summed E-state index contributed by atoms with van der Waals surface area (Å²) in [6.07, 6.45) is 1.55. The van der Waals surface area contributed by atoms with E-state index >= 15 is 0 Å². The fourth-order valence-electron chi connectivity index (χ4n) is 2.85. The highest BCUT2D eigenvalue weighted by Gasteiger charge is 2.45. The third kappa shape index (κ3) is 2.91. The second-order valence-electron chi connectivity index (χ2n) is 6.09. The van der Waals surface area contributed by atoms with Gasteiger partial charge in [-0.05, 0) is 36.4 Å². The molecule has 1 aromatic heterocycles. The van der Waals surface area contributed by atoms with Crippen molar-refractivity contribution < 1.29 is 19.1 Å². The molecule has 1 aliphatic rings. The Balaban J connectivity index is 2.17. The Kier molecular flexibility index (Phi) is 4.35. The minimum Gasteiger partial charge on any atom is -0.503 e. The molecule has 2 aromatic rings. The van der Waals surface area contributed by atoms with E-state index in [-0.39, 0.29) is 11.4 Å². The lowest BCUT2D eigenvalue weighted by Crippen LogP contribution is -2.32. The van der Waals surface area contributed by atoms with Crippen LogP contribution in [0.3, 0.4) is 0 Å². The first-order chi connectivity index (χ1) is 11.9. The van der Waals surface area contributed by atoms with Gasteiger partial charge in [0.15, 0.2) is 11.5 Å². The van der Waals surface area contributed by atoms with Crippen molar-refractivity contribution >= 4 is 17.4 Å². The average molecular weight is 340 g/mol. The number of Topliss-reactive ketones (excluding diaryl/α,β-unsaturated/α-hetero) is 1. The van der Waals surface area contributed by atoms with Crippen LogP contribution in [0.4, 0.5) is 10.1 Å². The zero-order chi connectivity index (χ0) is 18.1. The van der Waals surface area contributed by atoms with Gasteiger partial charge in [0.1, 0.15) is 11.9 Å². The summed E-state index contributed by atoms with van der Waals surface area (Å²) in [7, 11) is 0. The Labute approximate surface area is 144 Å². The van der Waals surface area contributed by atoms with E-state index < -0.39 is 29.4 Å².